The van der Waals surface area contributed by atoms with Crippen LogP contribution in [0.3, 0.4) is 0 Å². The van der Waals surface area contributed by atoms with Gasteiger partial charge in [-0.15, -0.1) is 11.3 Å². The molecule has 13 rings (SSSR count). The van der Waals surface area contributed by atoms with Gasteiger partial charge in [0, 0.05) is 70.6 Å². The second kappa shape index (κ2) is 16.5. The van der Waals surface area contributed by atoms with E-state index in [1.807, 2.05) is 78.2 Å². The Morgan fingerprint density at radius 3 is 1.56 bits per heavy atom. The van der Waals surface area contributed by atoms with Crippen LogP contribution < -0.4 is 0 Å². The van der Waals surface area contributed by atoms with Crippen LogP contribution in [-0.4, -0.2) is 24.5 Å². The summed E-state index contributed by atoms with van der Waals surface area (Å²) in [6, 6.07) is 81.3. The number of thiophene rings is 1. The van der Waals surface area contributed by atoms with Crippen LogP contribution in [0.5, 0.6) is 0 Å². The molecule has 0 fully saturated rings. The summed E-state index contributed by atoms with van der Waals surface area (Å²) in [6.07, 6.45) is 2.02. The van der Waals surface area contributed by atoms with Crippen molar-refractivity contribution in [1.29, 1.82) is 0 Å². The molecule has 0 spiro atoms. The first-order valence-corrected chi connectivity index (χ1v) is 23.6. The number of fused-ring (bicyclic) bond motifs is 6. The Labute approximate surface area is 397 Å². The van der Waals surface area contributed by atoms with Crippen LogP contribution in [0.4, 0.5) is 0 Å². The van der Waals surface area contributed by atoms with Crippen LogP contribution in [-0.2, 0) is 0 Å². The molecule has 0 radical (unpaired) electrons. The van der Waals surface area contributed by atoms with Gasteiger partial charge in [0.15, 0.2) is 17.5 Å². The Morgan fingerprint density at radius 2 is 0.868 bits per heavy atom. The van der Waals surface area contributed by atoms with Crippen LogP contribution in [0.1, 0.15) is 0 Å². The minimum atomic E-state index is 0.551. The van der Waals surface area contributed by atoms with Gasteiger partial charge in [-0.1, -0.05) is 182 Å². The highest BCUT2D eigenvalue weighted by atomic mass is 32.1. The van der Waals surface area contributed by atoms with Crippen LogP contribution >= 0.6 is 11.3 Å². The number of nitrogens with zero attached hydrogens (tertiary/aromatic N) is 5. The average Bonchev–Trinajstić information content (AvgIpc) is 3.95. The summed E-state index contributed by atoms with van der Waals surface area (Å²) in [6.45, 7) is 0. The van der Waals surface area contributed by atoms with Crippen molar-refractivity contribution in [2.45, 2.75) is 0 Å². The quantitative estimate of drug-likeness (QED) is 0.153. The van der Waals surface area contributed by atoms with Crippen molar-refractivity contribution in [3.63, 3.8) is 0 Å². The van der Waals surface area contributed by atoms with Crippen LogP contribution in [0.2, 0.25) is 0 Å². The third kappa shape index (κ3) is 6.94. The maximum Gasteiger partial charge on any atom is 0.166 e. The lowest BCUT2D eigenvalue weighted by molar-refractivity contribution is 1.07. The van der Waals surface area contributed by atoms with E-state index in [9.17, 15) is 0 Å². The smallest absolute Gasteiger partial charge is 0.166 e. The Kier molecular flexibility index (Phi) is 9.62. The van der Waals surface area contributed by atoms with E-state index in [0.717, 1.165) is 67.0 Å². The number of para-hydroxylation sites is 2. The molecule has 4 heterocycles. The molecule has 4 aromatic heterocycles. The molecule has 6 heteroatoms. The van der Waals surface area contributed by atoms with Gasteiger partial charge >= 0.3 is 0 Å². The number of pyridine rings is 1. The van der Waals surface area contributed by atoms with E-state index in [4.69, 9.17) is 19.9 Å². The third-order valence-electron chi connectivity index (χ3n) is 12.9. The summed E-state index contributed by atoms with van der Waals surface area (Å²) in [5.74, 6) is 1.75. The largest absolute Gasteiger partial charge is 0.309 e. The number of rotatable bonds is 8. The van der Waals surface area contributed by atoms with Crippen molar-refractivity contribution in [3.8, 4) is 84.5 Å². The van der Waals surface area contributed by atoms with Crippen molar-refractivity contribution in [3.05, 3.63) is 237 Å². The molecule has 0 unspecified atom stereocenters. The maximum atomic E-state index is 5.42. The van der Waals surface area contributed by atoms with Crippen molar-refractivity contribution in [2.75, 3.05) is 0 Å². The summed E-state index contributed by atoms with van der Waals surface area (Å²) < 4.78 is 4.81. The molecule has 68 heavy (non-hydrogen) atoms. The van der Waals surface area contributed by atoms with E-state index in [1.54, 1.807) is 0 Å². The minimum absolute atomic E-state index is 0.551. The molecule has 0 aliphatic rings. The lowest BCUT2D eigenvalue weighted by Gasteiger charge is -2.16. The Bertz CT molecular complexity index is 3940. The first-order valence-electron chi connectivity index (χ1n) is 22.8. The first-order chi connectivity index (χ1) is 33.7. The molecule has 5 nitrogen and oxygen atoms in total. The normalized spacial score (nSPS) is 11.5. The summed E-state index contributed by atoms with van der Waals surface area (Å²) in [5.41, 5.74) is 14.5. The van der Waals surface area contributed by atoms with Crippen LogP contribution in [0.25, 0.3) is 126 Å². The maximum absolute atomic E-state index is 5.42. The first kappa shape index (κ1) is 39.5. The predicted molar refractivity (Wildman–Crippen MR) is 283 cm³/mol. The average molecular weight is 886 g/mol. The third-order valence-corrected chi connectivity index (χ3v) is 14.0. The molecule has 0 bridgehead atoms. The standard InChI is InChI=1S/C62H39N5S/c1-6-18-40(19-7-1)44-30-32-48(41-20-8-2-9-21-41)51(34-44)46-35-54(62-65-60(42-22-10-3-11-23-42)64-61(66-62)43-24-12-4-13-25-43)59(63-39-46)45-31-33-50-53-37-52-49-28-16-17-29-55(49)67(47-26-14-5-15-27-47)56(52)38-58(53)68-57(50)36-45/h1-39H. The second-order valence-electron chi connectivity index (χ2n) is 17.0. The molecular weight excluding hydrogens is 847 g/mol. The fourth-order valence-corrected chi connectivity index (χ4v) is 10.8. The molecule has 0 aliphatic carbocycles. The van der Waals surface area contributed by atoms with Crippen molar-refractivity contribution in [1.82, 2.24) is 24.5 Å². The molecule has 9 aromatic carbocycles. The molecule has 0 saturated heterocycles. The minimum Gasteiger partial charge on any atom is -0.309 e. The predicted octanol–water partition coefficient (Wildman–Crippen LogP) is 16.4. The van der Waals surface area contributed by atoms with Gasteiger partial charge in [-0.3, -0.25) is 4.98 Å². The highest BCUT2D eigenvalue weighted by Crippen LogP contribution is 2.44. The lowest BCUT2D eigenvalue weighted by atomic mass is 9.90. The highest BCUT2D eigenvalue weighted by Gasteiger charge is 2.21. The molecule has 318 valence electrons. The molecule has 0 atom stereocenters. The van der Waals surface area contributed by atoms with Gasteiger partial charge in [0.2, 0.25) is 0 Å². The highest BCUT2D eigenvalue weighted by molar-refractivity contribution is 7.26. The zero-order chi connectivity index (χ0) is 45.0. The van der Waals surface area contributed by atoms with Crippen molar-refractivity contribution >= 4 is 53.3 Å². The van der Waals surface area contributed by atoms with E-state index in [0.29, 0.717) is 17.5 Å². The van der Waals surface area contributed by atoms with Gasteiger partial charge in [-0.05, 0) is 76.3 Å². The second-order valence-corrected chi connectivity index (χ2v) is 18.1. The summed E-state index contributed by atoms with van der Waals surface area (Å²) in [7, 11) is 0. The van der Waals surface area contributed by atoms with Crippen LogP contribution in [0.15, 0.2) is 237 Å². The summed E-state index contributed by atoms with van der Waals surface area (Å²) in [4.78, 5) is 21.1. The lowest BCUT2D eigenvalue weighted by Crippen LogP contribution is -2.02. The van der Waals surface area contributed by atoms with Gasteiger partial charge in [0.05, 0.1) is 16.7 Å². The topological polar surface area (TPSA) is 56.5 Å². The summed E-state index contributed by atoms with van der Waals surface area (Å²) >= 11 is 1.82. The fourth-order valence-electron chi connectivity index (χ4n) is 9.65. The molecular formula is C62H39N5S. The van der Waals surface area contributed by atoms with E-state index < -0.39 is 0 Å². The van der Waals surface area contributed by atoms with Gasteiger partial charge in [-0.2, -0.15) is 0 Å². The van der Waals surface area contributed by atoms with Gasteiger partial charge in [0.25, 0.3) is 0 Å². The summed E-state index contributed by atoms with van der Waals surface area (Å²) in [5, 5.41) is 4.94. The number of benzene rings is 9. The van der Waals surface area contributed by atoms with Gasteiger partial charge < -0.3 is 4.57 Å². The van der Waals surface area contributed by atoms with Gasteiger partial charge in [0.1, 0.15) is 0 Å². The zero-order valence-electron chi connectivity index (χ0n) is 36.7. The molecule has 0 amide bonds. The zero-order valence-corrected chi connectivity index (χ0v) is 37.5. The van der Waals surface area contributed by atoms with E-state index in [1.165, 1.54) is 42.0 Å². The van der Waals surface area contributed by atoms with Crippen molar-refractivity contribution in [2.24, 2.45) is 0 Å². The SMILES string of the molecule is c1ccc(-c2ccc(-c3ccccc3)c(-c3cnc(-c4ccc5c(c4)sc4cc6c(cc45)c4ccccc4n6-c4ccccc4)c(-c4nc(-c5ccccc5)nc(-c5ccccc5)n4)c3)c2)cc1. The Hall–Kier alpha value is -8.84. The van der Waals surface area contributed by atoms with Crippen LogP contribution in [0, 0.1) is 0 Å². The van der Waals surface area contributed by atoms with E-state index >= 15 is 0 Å². The van der Waals surface area contributed by atoms with Gasteiger partial charge in [-0.25, -0.2) is 15.0 Å². The molecule has 0 aliphatic heterocycles. The molecule has 13 aromatic rings. The number of aromatic nitrogens is 5. The van der Waals surface area contributed by atoms with E-state index in [-0.39, 0.29) is 0 Å². The molecule has 0 N–H and O–H groups in total. The fraction of sp³-hybridized carbons (Fsp3) is 0. The molecule has 0 saturated carbocycles. The monoisotopic (exact) mass is 885 g/mol. The number of hydrogen-bond acceptors (Lipinski definition) is 5. The Morgan fingerprint density at radius 1 is 0.309 bits per heavy atom. The Balaban J connectivity index is 1.04. The van der Waals surface area contributed by atoms with E-state index in [2.05, 4.69) is 174 Å². The van der Waals surface area contributed by atoms with Crippen molar-refractivity contribution < 1.29 is 0 Å². The number of hydrogen-bond donors (Lipinski definition) is 0.